The average Bonchev–Trinajstić information content (AvgIpc) is 2.85. The van der Waals surface area contributed by atoms with Gasteiger partial charge in [0, 0.05) is 13.6 Å². The molecule has 2 unspecified atom stereocenters. The van der Waals surface area contributed by atoms with Gasteiger partial charge in [-0.3, -0.25) is 10.1 Å². The minimum atomic E-state index is -3.69. The van der Waals surface area contributed by atoms with Crippen LogP contribution >= 0.6 is 24.8 Å². The Hall–Kier alpha value is -2.29. The quantitative estimate of drug-likeness (QED) is 0.316. The Balaban J connectivity index is 0.00000253. The monoisotopic (exact) mass is 579 g/mol. The number of rotatable bonds is 8. The smallest absolute Gasteiger partial charge is 0.264 e. The lowest BCUT2D eigenvalue weighted by Gasteiger charge is -2.39. The van der Waals surface area contributed by atoms with Crippen LogP contribution in [0.4, 0.5) is 5.69 Å². The SMILES string of the molecule is Cc1ccc(S(=O)(=O)N(C)c2ccc(OC(C)C)c(CC3CCCN(N)C3c3ccccc3)c2)cc1.Cl.Cl. The van der Waals surface area contributed by atoms with E-state index < -0.39 is 10.0 Å². The highest BCUT2D eigenvalue weighted by Crippen LogP contribution is 2.39. The Morgan fingerprint density at radius 2 is 1.68 bits per heavy atom. The van der Waals surface area contributed by atoms with E-state index in [1.165, 1.54) is 9.87 Å². The molecule has 0 bridgehead atoms. The first-order chi connectivity index (χ1) is 17.2. The van der Waals surface area contributed by atoms with Gasteiger partial charge in [-0.2, -0.15) is 0 Å². The maximum atomic E-state index is 13.4. The molecule has 1 saturated heterocycles. The van der Waals surface area contributed by atoms with Crippen LogP contribution in [0.25, 0.3) is 0 Å². The highest BCUT2D eigenvalue weighted by atomic mass is 35.5. The fraction of sp³-hybridized carbons (Fsp3) is 0.379. The average molecular weight is 581 g/mol. The second-order valence-corrected chi connectivity index (χ2v) is 11.9. The second-order valence-electron chi connectivity index (χ2n) is 9.94. The van der Waals surface area contributed by atoms with Crippen LogP contribution in [0.15, 0.2) is 77.7 Å². The first-order valence-corrected chi connectivity index (χ1v) is 14.0. The minimum Gasteiger partial charge on any atom is -0.491 e. The predicted molar refractivity (Wildman–Crippen MR) is 160 cm³/mol. The predicted octanol–water partition coefficient (Wildman–Crippen LogP) is 6.32. The molecule has 3 aromatic carbocycles. The van der Waals surface area contributed by atoms with Crippen molar-refractivity contribution < 1.29 is 13.2 Å². The van der Waals surface area contributed by atoms with Crippen LogP contribution in [-0.2, 0) is 16.4 Å². The van der Waals surface area contributed by atoms with E-state index in [1.807, 2.05) is 74.3 Å². The van der Waals surface area contributed by atoms with Crippen molar-refractivity contribution in [1.82, 2.24) is 5.01 Å². The number of anilines is 1. The first-order valence-electron chi connectivity index (χ1n) is 12.6. The fourth-order valence-electron chi connectivity index (χ4n) is 5.01. The summed E-state index contributed by atoms with van der Waals surface area (Å²) in [6.45, 7) is 6.79. The van der Waals surface area contributed by atoms with Gasteiger partial charge in [0.2, 0.25) is 0 Å². The largest absolute Gasteiger partial charge is 0.491 e. The van der Waals surface area contributed by atoms with E-state index >= 15 is 0 Å². The Labute approximate surface area is 240 Å². The van der Waals surface area contributed by atoms with Gasteiger partial charge in [-0.15, -0.1) is 24.8 Å². The molecule has 1 aliphatic rings. The van der Waals surface area contributed by atoms with E-state index in [9.17, 15) is 8.42 Å². The Bertz CT molecular complexity index is 1270. The molecule has 1 fully saturated rings. The zero-order chi connectivity index (χ0) is 25.9. The molecule has 0 spiro atoms. The van der Waals surface area contributed by atoms with Gasteiger partial charge in [0.05, 0.1) is 22.7 Å². The van der Waals surface area contributed by atoms with Crippen molar-refractivity contribution in [3.8, 4) is 5.75 Å². The van der Waals surface area contributed by atoms with E-state index in [0.717, 1.165) is 42.7 Å². The summed E-state index contributed by atoms with van der Waals surface area (Å²) in [4.78, 5) is 0.273. The normalized spacial score (nSPS) is 17.8. The number of piperidine rings is 1. The maximum absolute atomic E-state index is 13.4. The van der Waals surface area contributed by atoms with Crippen LogP contribution in [0, 0.1) is 12.8 Å². The number of aryl methyl sites for hydroxylation is 1. The number of ether oxygens (including phenoxy) is 1. The summed E-state index contributed by atoms with van der Waals surface area (Å²) in [5.41, 5.74) is 3.82. The second kappa shape index (κ2) is 13.7. The molecule has 1 heterocycles. The van der Waals surface area contributed by atoms with Gasteiger partial charge < -0.3 is 4.74 Å². The van der Waals surface area contributed by atoms with Crippen LogP contribution in [0.1, 0.15) is 49.4 Å². The van der Waals surface area contributed by atoms with E-state index in [-0.39, 0.29) is 47.8 Å². The number of benzene rings is 3. The van der Waals surface area contributed by atoms with Crippen LogP contribution in [0.2, 0.25) is 0 Å². The first kappa shape index (κ1) is 31.9. The van der Waals surface area contributed by atoms with Crippen LogP contribution < -0.4 is 14.9 Å². The van der Waals surface area contributed by atoms with Crippen molar-refractivity contribution in [3.05, 3.63) is 89.5 Å². The topological polar surface area (TPSA) is 75.9 Å². The van der Waals surface area contributed by atoms with Gasteiger partial charge in [-0.25, -0.2) is 13.4 Å². The summed E-state index contributed by atoms with van der Waals surface area (Å²) < 4.78 is 34.2. The Kier molecular flexibility index (Phi) is 11.5. The highest BCUT2D eigenvalue weighted by molar-refractivity contribution is 7.92. The summed E-state index contributed by atoms with van der Waals surface area (Å²) in [5, 5.41) is 1.95. The van der Waals surface area contributed by atoms with Crippen LogP contribution in [-0.4, -0.2) is 33.1 Å². The lowest BCUT2D eigenvalue weighted by molar-refractivity contribution is 0.0919. The fourth-order valence-corrected chi connectivity index (χ4v) is 6.20. The molecule has 0 saturated carbocycles. The van der Waals surface area contributed by atoms with Gasteiger partial charge in [0.1, 0.15) is 5.75 Å². The molecule has 0 aromatic heterocycles. The molecule has 3 aromatic rings. The number of sulfonamides is 1. The molecule has 0 radical (unpaired) electrons. The number of hydrogen-bond donors (Lipinski definition) is 1. The minimum absolute atomic E-state index is 0. The van der Waals surface area contributed by atoms with Crippen molar-refractivity contribution in [2.45, 2.75) is 57.1 Å². The number of nitrogens with zero attached hydrogens (tertiary/aromatic N) is 2. The molecule has 9 heteroatoms. The zero-order valence-corrected chi connectivity index (χ0v) is 24.9. The number of halogens is 2. The summed E-state index contributed by atoms with van der Waals surface area (Å²) in [6, 6.07) is 23.1. The molecule has 208 valence electrons. The van der Waals surface area contributed by atoms with Crippen molar-refractivity contribution in [1.29, 1.82) is 0 Å². The Morgan fingerprint density at radius 3 is 2.32 bits per heavy atom. The van der Waals surface area contributed by atoms with Crippen molar-refractivity contribution >= 4 is 40.5 Å². The molecule has 2 atom stereocenters. The van der Waals surface area contributed by atoms with Crippen molar-refractivity contribution in [2.24, 2.45) is 11.8 Å². The zero-order valence-electron chi connectivity index (χ0n) is 22.4. The van der Waals surface area contributed by atoms with E-state index in [4.69, 9.17) is 10.6 Å². The van der Waals surface area contributed by atoms with Crippen LogP contribution in [0.5, 0.6) is 5.75 Å². The third-order valence-electron chi connectivity index (χ3n) is 6.87. The van der Waals surface area contributed by atoms with E-state index in [2.05, 4.69) is 12.1 Å². The molecule has 6 nitrogen and oxygen atoms in total. The lowest BCUT2D eigenvalue weighted by Crippen LogP contribution is -2.44. The molecular formula is C29H39Cl2N3O3S. The number of nitrogens with two attached hydrogens (primary N) is 1. The van der Waals surface area contributed by atoms with Crippen molar-refractivity contribution in [2.75, 3.05) is 17.9 Å². The van der Waals surface area contributed by atoms with E-state index in [1.54, 1.807) is 19.2 Å². The van der Waals surface area contributed by atoms with Gasteiger partial charge in [-0.1, -0.05) is 48.0 Å². The molecule has 0 amide bonds. The molecule has 38 heavy (non-hydrogen) atoms. The summed E-state index contributed by atoms with van der Waals surface area (Å²) >= 11 is 0. The van der Waals surface area contributed by atoms with Gasteiger partial charge in [-0.05, 0) is 87.4 Å². The van der Waals surface area contributed by atoms with Crippen LogP contribution in [0.3, 0.4) is 0 Å². The van der Waals surface area contributed by atoms with Gasteiger partial charge in [0.15, 0.2) is 0 Å². The highest BCUT2D eigenvalue weighted by Gasteiger charge is 2.32. The Morgan fingerprint density at radius 1 is 1.03 bits per heavy atom. The molecular weight excluding hydrogens is 541 g/mol. The van der Waals surface area contributed by atoms with Crippen molar-refractivity contribution in [3.63, 3.8) is 0 Å². The molecule has 1 aliphatic heterocycles. The summed E-state index contributed by atoms with van der Waals surface area (Å²) in [6.07, 6.45) is 2.80. The summed E-state index contributed by atoms with van der Waals surface area (Å²) in [7, 11) is -2.09. The maximum Gasteiger partial charge on any atom is 0.264 e. The number of hydrazine groups is 1. The van der Waals surface area contributed by atoms with Gasteiger partial charge in [0.25, 0.3) is 10.0 Å². The third kappa shape index (κ3) is 7.21. The number of hydrogen-bond acceptors (Lipinski definition) is 5. The van der Waals surface area contributed by atoms with E-state index in [0.29, 0.717) is 5.69 Å². The lowest BCUT2D eigenvalue weighted by atomic mass is 9.81. The summed E-state index contributed by atoms with van der Waals surface area (Å²) in [5.74, 6) is 7.56. The molecule has 2 N–H and O–H groups in total. The standard InChI is InChI=1S/C29H37N3O3S.2ClH/c1-21(2)35-28-17-14-26(31(4)36(33,34)27-15-12-22(3)13-16-27)20-25(28)19-24-11-8-18-32(30)29(24)23-9-6-5-7-10-23;;/h5-7,9-10,12-17,20-21,24,29H,8,11,18-19,30H2,1-4H3;2*1H. The molecule has 0 aliphatic carbocycles. The van der Waals surface area contributed by atoms with Gasteiger partial charge >= 0.3 is 0 Å². The third-order valence-corrected chi connectivity index (χ3v) is 8.67. The molecule has 4 rings (SSSR count).